The monoisotopic (exact) mass is 257 g/mol. The van der Waals surface area contributed by atoms with Gasteiger partial charge >= 0.3 is 0 Å². The molecule has 3 heteroatoms. The minimum absolute atomic E-state index is 0.758. The number of aryl methyl sites for hydroxylation is 1. The first-order chi connectivity index (χ1) is 9.22. The lowest BCUT2D eigenvalue weighted by Crippen LogP contribution is -2.46. The standard InChI is InChI=1S/C16H23N3/c1-3-6-18-7-9-19(10-8-18)13-16-5-4-15(12-17)11-14(16)2/h4-5,11H,3,6-10,13H2,1-2H3. The third-order valence-electron chi connectivity index (χ3n) is 3.87. The number of rotatable bonds is 4. The Hall–Kier alpha value is -1.37. The van der Waals surface area contributed by atoms with Gasteiger partial charge in [-0.3, -0.25) is 4.90 Å². The second kappa shape index (κ2) is 6.70. The Balaban J connectivity index is 1.91. The first-order valence-electron chi connectivity index (χ1n) is 7.17. The topological polar surface area (TPSA) is 30.3 Å². The van der Waals surface area contributed by atoms with Crippen LogP contribution < -0.4 is 0 Å². The largest absolute Gasteiger partial charge is 0.301 e. The Labute approximate surface area is 116 Å². The van der Waals surface area contributed by atoms with E-state index in [1.54, 1.807) is 0 Å². The van der Waals surface area contributed by atoms with E-state index in [1.165, 1.54) is 37.2 Å². The first-order valence-corrected chi connectivity index (χ1v) is 7.17. The van der Waals surface area contributed by atoms with Gasteiger partial charge in [-0.25, -0.2) is 0 Å². The van der Waals surface area contributed by atoms with Crippen molar-refractivity contribution >= 4 is 0 Å². The SMILES string of the molecule is CCCN1CCN(Cc2ccc(C#N)cc2C)CC1. The smallest absolute Gasteiger partial charge is 0.0991 e. The highest BCUT2D eigenvalue weighted by Crippen LogP contribution is 2.14. The summed E-state index contributed by atoms with van der Waals surface area (Å²) < 4.78 is 0. The van der Waals surface area contributed by atoms with Crippen LogP contribution in [0, 0.1) is 18.3 Å². The molecule has 0 N–H and O–H groups in total. The van der Waals surface area contributed by atoms with Crippen molar-refractivity contribution in [2.45, 2.75) is 26.8 Å². The lowest BCUT2D eigenvalue weighted by atomic mass is 10.0. The molecule has 0 atom stereocenters. The Bertz CT molecular complexity index is 454. The minimum atomic E-state index is 0.758. The summed E-state index contributed by atoms with van der Waals surface area (Å²) in [4.78, 5) is 5.06. The molecule has 0 amide bonds. The van der Waals surface area contributed by atoms with Crippen molar-refractivity contribution in [2.24, 2.45) is 0 Å². The van der Waals surface area contributed by atoms with Gasteiger partial charge in [0.05, 0.1) is 11.6 Å². The molecule has 0 spiro atoms. The molecule has 0 unspecified atom stereocenters. The summed E-state index contributed by atoms with van der Waals surface area (Å²) in [6, 6.07) is 8.22. The van der Waals surface area contributed by atoms with Crippen LogP contribution in [0.15, 0.2) is 18.2 Å². The highest BCUT2D eigenvalue weighted by molar-refractivity contribution is 5.37. The zero-order valence-corrected chi connectivity index (χ0v) is 12.0. The van der Waals surface area contributed by atoms with Crippen molar-refractivity contribution in [1.82, 2.24) is 9.80 Å². The van der Waals surface area contributed by atoms with Crippen LogP contribution >= 0.6 is 0 Å². The Morgan fingerprint density at radius 3 is 2.42 bits per heavy atom. The molecule has 1 fully saturated rings. The van der Waals surface area contributed by atoms with Gasteiger partial charge in [0, 0.05) is 32.7 Å². The molecule has 1 heterocycles. The number of hydrogen-bond acceptors (Lipinski definition) is 3. The van der Waals surface area contributed by atoms with E-state index in [4.69, 9.17) is 5.26 Å². The van der Waals surface area contributed by atoms with Crippen molar-refractivity contribution in [2.75, 3.05) is 32.7 Å². The molecule has 0 saturated carbocycles. The molecule has 1 aliphatic heterocycles. The number of benzene rings is 1. The van der Waals surface area contributed by atoms with Crippen LogP contribution in [0.1, 0.15) is 30.0 Å². The van der Waals surface area contributed by atoms with Gasteiger partial charge in [-0.2, -0.15) is 5.26 Å². The maximum atomic E-state index is 8.89. The predicted molar refractivity (Wildman–Crippen MR) is 77.9 cm³/mol. The van der Waals surface area contributed by atoms with E-state index in [9.17, 15) is 0 Å². The minimum Gasteiger partial charge on any atom is -0.301 e. The summed E-state index contributed by atoms with van der Waals surface area (Å²) in [5, 5.41) is 8.89. The summed E-state index contributed by atoms with van der Waals surface area (Å²) in [7, 11) is 0. The number of nitrogens with zero attached hydrogens (tertiary/aromatic N) is 3. The maximum absolute atomic E-state index is 8.89. The summed E-state index contributed by atoms with van der Waals surface area (Å²) in [5.41, 5.74) is 3.34. The first kappa shape index (κ1) is 14.0. The molecule has 1 saturated heterocycles. The van der Waals surface area contributed by atoms with E-state index in [1.807, 2.05) is 12.1 Å². The van der Waals surface area contributed by atoms with Gasteiger partial charge in [-0.15, -0.1) is 0 Å². The van der Waals surface area contributed by atoms with Crippen LogP contribution in [0.2, 0.25) is 0 Å². The Morgan fingerprint density at radius 2 is 1.84 bits per heavy atom. The molecule has 0 aromatic heterocycles. The molecule has 19 heavy (non-hydrogen) atoms. The van der Waals surface area contributed by atoms with E-state index in [0.717, 1.165) is 25.2 Å². The van der Waals surface area contributed by atoms with Crippen LogP contribution in [0.5, 0.6) is 0 Å². The zero-order valence-electron chi connectivity index (χ0n) is 12.0. The van der Waals surface area contributed by atoms with E-state index in [2.05, 4.69) is 35.8 Å². The fraction of sp³-hybridized carbons (Fsp3) is 0.562. The fourth-order valence-electron chi connectivity index (χ4n) is 2.67. The second-order valence-electron chi connectivity index (χ2n) is 5.37. The molecular weight excluding hydrogens is 234 g/mol. The van der Waals surface area contributed by atoms with Crippen LogP contribution in [0.3, 0.4) is 0 Å². The molecule has 0 bridgehead atoms. The Kier molecular flexibility index (Phi) is 4.95. The third-order valence-corrected chi connectivity index (χ3v) is 3.87. The second-order valence-corrected chi connectivity index (χ2v) is 5.37. The number of piperazine rings is 1. The molecule has 3 nitrogen and oxygen atoms in total. The van der Waals surface area contributed by atoms with Crippen molar-refractivity contribution in [3.05, 3.63) is 34.9 Å². The van der Waals surface area contributed by atoms with Gasteiger partial charge < -0.3 is 4.90 Å². The van der Waals surface area contributed by atoms with Crippen molar-refractivity contribution in [3.63, 3.8) is 0 Å². The van der Waals surface area contributed by atoms with Gasteiger partial charge in [0.15, 0.2) is 0 Å². The normalized spacial score (nSPS) is 17.3. The summed E-state index contributed by atoms with van der Waals surface area (Å²) >= 11 is 0. The summed E-state index contributed by atoms with van der Waals surface area (Å²) in [6.45, 7) is 11.3. The van der Waals surface area contributed by atoms with E-state index >= 15 is 0 Å². The molecular formula is C16H23N3. The van der Waals surface area contributed by atoms with Crippen LogP contribution in [-0.4, -0.2) is 42.5 Å². The molecule has 1 aromatic rings. The molecule has 1 aromatic carbocycles. The average Bonchev–Trinajstić information content (AvgIpc) is 2.43. The van der Waals surface area contributed by atoms with Gasteiger partial charge in [0.2, 0.25) is 0 Å². The van der Waals surface area contributed by atoms with Crippen LogP contribution in [-0.2, 0) is 6.54 Å². The van der Waals surface area contributed by atoms with E-state index in [-0.39, 0.29) is 0 Å². The van der Waals surface area contributed by atoms with Crippen LogP contribution in [0.25, 0.3) is 0 Å². The molecule has 0 radical (unpaired) electrons. The van der Waals surface area contributed by atoms with Gasteiger partial charge in [-0.1, -0.05) is 13.0 Å². The lowest BCUT2D eigenvalue weighted by Gasteiger charge is -2.34. The highest BCUT2D eigenvalue weighted by atomic mass is 15.3. The molecule has 2 rings (SSSR count). The highest BCUT2D eigenvalue weighted by Gasteiger charge is 2.16. The predicted octanol–water partition coefficient (Wildman–Crippen LogP) is 2.39. The van der Waals surface area contributed by atoms with Gasteiger partial charge in [0.1, 0.15) is 0 Å². The number of hydrogen-bond donors (Lipinski definition) is 0. The van der Waals surface area contributed by atoms with E-state index < -0.39 is 0 Å². The maximum Gasteiger partial charge on any atom is 0.0991 e. The molecule has 1 aliphatic rings. The lowest BCUT2D eigenvalue weighted by molar-refractivity contribution is 0.127. The fourth-order valence-corrected chi connectivity index (χ4v) is 2.67. The van der Waals surface area contributed by atoms with E-state index in [0.29, 0.717) is 0 Å². The molecule has 102 valence electrons. The molecule has 0 aliphatic carbocycles. The van der Waals surface area contributed by atoms with Crippen molar-refractivity contribution < 1.29 is 0 Å². The summed E-state index contributed by atoms with van der Waals surface area (Å²) in [5.74, 6) is 0. The number of nitriles is 1. The summed E-state index contributed by atoms with van der Waals surface area (Å²) in [6.07, 6.45) is 1.24. The van der Waals surface area contributed by atoms with Gasteiger partial charge in [0.25, 0.3) is 0 Å². The third kappa shape index (κ3) is 3.79. The van der Waals surface area contributed by atoms with Gasteiger partial charge in [-0.05, 0) is 43.1 Å². The average molecular weight is 257 g/mol. The quantitative estimate of drug-likeness (QED) is 0.829. The van der Waals surface area contributed by atoms with Crippen molar-refractivity contribution in [1.29, 1.82) is 5.26 Å². The van der Waals surface area contributed by atoms with Crippen molar-refractivity contribution in [3.8, 4) is 6.07 Å². The Morgan fingerprint density at radius 1 is 1.16 bits per heavy atom. The van der Waals surface area contributed by atoms with Crippen LogP contribution in [0.4, 0.5) is 0 Å². The zero-order chi connectivity index (χ0) is 13.7.